The van der Waals surface area contributed by atoms with E-state index in [-0.39, 0.29) is 17.3 Å². The maximum atomic E-state index is 14.5. The van der Waals surface area contributed by atoms with Gasteiger partial charge in [-0.25, -0.2) is 17.1 Å². The van der Waals surface area contributed by atoms with Gasteiger partial charge in [0.2, 0.25) is 22.2 Å². The Bertz CT molecular complexity index is 1440. The molecule has 0 aliphatic heterocycles. The third kappa shape index (κ3) is 4.20. The molecular formula is C23H25FN5O3S+. The van der Waals surface area contributed by atoms with Crippen molar-refractivity contribution in [2.24, 2.45) is 0 Å². The lowest BCUT2D eigenvalue weighted by atomic mass is 10.0. The number of aromatic nitrogens is 3. The van der Waals surface area contributed by atoms with Crippen LogP contribution in [0.1, 0.15) is 5.69 Å². The van der Waals surface area contributed by atoms with E-state index in [0.717, 1.165) is 27.7 Å². The molecule has 0 saturated carbocycles. The zero-order chi connectivity index (χ0) is 23.8. The van der Waals surface area contributed by atoms with Crippen molar-refractivity contribution >= 4 is 20.9 Å². The van der Waals surface area contributed by atoms with Gasteiger partial charge < -0.3 is 14.8 Å². The van der Waals surface area contributed by atoms with Gasteiger partial charge in [0.1, 0.15) is 5.83 Å². The standard InChI is InChI=1S/C23H24FN5O3S/c1-15-22(16-5-4-6-19(11-16)33(30,31)28(2)3)20-12-17(23-26-14-32-27-23)7-8-21(20)29(15)13-18(24)9-10-25/h4-9,11-12,14H,10,13,25H2,1-3H3/p+1/b18-9-. The summed E-state index contributed by atoms with van der Waals surface area (Å²) in [4.78, 5) is 4.30. The first-order valence-corrected chi connectivity index (χ1v) is 11.7. The molecular weight excluding hydrogens is 445 g/mol. The molecule has 0 unspecified atom stereocenters. The molecule has 4 aromatic rings. The predicted molar refractivity (Wildman–Crippen MR) is 123 cm³/mol. The number of sulfonamides is 1. The van der Waals surface area contributed by atoms with Crippen molar-refractivity contribution in [1.29, 1.82) is 0 Å². The molecule has 4 rings (SSSR count). The van der Waals surface area contributed by atoms with Gasteiger partial charge in [-0.2, -0.15) is 4.98 Å². The molecule has 0 bridgehead atoms. The van der Waals surface area contributed by atoms with Crippen molar-refractivity contribution in [3.63, 3.8) is 0 Å². The summed E-state index contributed by atoms with van der Waals surface area (Å²) in [7, 11) is -0.630. The number of hydrogen-bond acceptors (Lipinski definition) is 5. The van der Waals surface area contributed by atoms with E-state index in [1.807, 2.05) is 35.8 Å². The SMILES string of the molecule is Cc1c(-c2cccc(S(=O)(=O)N(C)C)c2)c2cc(-c3ncon3)ccc2n1C/C(F)=C/C[NH3+]. The van der Waals surface area contributed by atoms with Crippen LogP contribution in [-0.4, -0.2) is 48.1 Å². The molecule has 0 atom stereocenters. The average Bonchev–Trinajstić information content (AvgIpc) is 3.41. The second-order valence-corrected chi connectivity index (χ2v) is 9.94. The predicted octanol–water partition coefficient (Wildman–Crippen LogP) is 3.01. The fourth-order valence-corrected chi connectivity index (χ4v) is 4.83. The van der Waals surface area contributed by atoms with Gasteiger partial charge in [-0.1, -0.05) is 17.3 Å². The molecule has 10 heteroatoms. The molecule has 0 saturated heterocycles. The van der Waals surface area contributed by atoms with Crippen molar-refractivity contribution < 1.29 is 23.1 Å². The Labute approximate surface area is 191 Å². The molecule has 0 amide bonds. The molecule has 2 heterocycles. The summed E-state index contributed by atoms with van der Waals surface area (Å²) in [6.45, 7) is 2.30. The molecule has 0 fully saturated rings. The molecule has 3 N–H and O–H groups in total. The third-order valence-electron chi connectivity index (χ3n) is 5.52. The van der Waals surface area contributed by atoms with Gasteiger partial charge in [0.25, 0.3) is 0 Å². The second-order valence-electron chi connectivity index (χ2n) is 7.79. The van der Waals surface area contributed by atoms with Crippen LogP contribution in [0.25, 0.3) is 33.4 Å². The van der Waals surface area contributed by atoms with Gasteiger partial charge in [0.05, 0.1) is 18.0 Å². The highest BCUT2D eigenvalue weighted by atomic mass is 32.2. The second kappa shape index (κ2) is 8.89. The molecule has 0 aliphatic rings. The normalized spacial score (nSPS) is 12.7. The molecule has 0 radical (unpaired) electrons. The Hall–Kier alpha value is -3.34. The van der Waals surface area contributed by atoms with Gasteiger partial charge in [0, 0.05) is 47.9 Å². The maximum absolute atomic E-state index is 14.5. The van der Waals surface area contributed by atoms with Gasteiger partial charge in [-0.15, -0.1) is 0 Å². The Morgan fingerprint density at radius 1 is 1.21 bits per heavy atom. The Kier molecular flexibility index (Phi) is 6.15. The summed E-state index contributed by atoms with van der Waals surface area (Å²) >= 11 is 0. The first-order chi connectivity index (χ1) is 15.7. The van der Waals surface area contributed by atoms with Crippen LogP contribution >= 0.6 is 0 Å². The van der Waals surface area contributed by atoms with Crippen molar-refractivity contribution in [2.75, 3.05) is 20.6 Å². The highest BCUT2D eigenvalue weighted by Crippen LogP contribution is 2.38. The maximum Gasteiger partial charge on any atom is 0.242 e. The highest BCUT2D eigenvalue weighted by Gasteiger charge is 2.21. The topological polar surface area (TPSA) is 109 Å². The lowest BCUT2D eigenvalue weighted by molar-refractivity contribution is -0.353. The highest BCUT2D eigenvalue weighted by molar-refractivity contribution is 7.89. The third-order valence-corrected chi connectivity index (χ3v) is 7.33. The van der Waals surface area contributed by atoms with Crippen LogP contribution < -0.4 is 5.73 Å². The molecule has 33 heavy (non-hydrogen) atoms. The van der Waals surface area contributed by atoms with E-state index in [1.165, 1.54) is 30.9 Å². The summed E-state index contributed by atoms with van der Waals surface area (Å²) < 4.78 is 47.9. The number of allylic oxidation sites excluding steroid dienone is 1. The molecule has 0 spiro atoms. The summed E-state index contributed by atoms with van der Waals surface area (Å²) in [6.07, 6.45) is 2.70. The molecule has 8 nitrogen and oxygen atoms in total. The number of benzene rings is 2. The van der Waals surface area contributed by atoms with E-state index in [4.69, 9.17) is 4.52 Å². The van der Waals surface area contributed by atoms with Crippen LogP contribution in [0.15, 0.2) is 70.2 Å². The number of nitrogens with zero attached hydrogens (tertiary/aromatic N) is 4. The summed E-state index contributed by atoms with van der Waals surface area (Å²) in [5, 5.41) is 4.74. The Balaban J connectivity index is 1.98. The number of fused-ring (bicyclic) bond motifs is 1. The van der Waals surface area contributed by atoms with E-state index in [9.17, 15) is 12.8 Å². The van der Waals surface area contributed by atoms with Crippen molar-refractivity contribution in [3.05, 3.63) is 66.5 Å². The fraction of sp³-hybridized carbons (Fsp3) is 0.217. The van der Waals surface area contributed by atoms with E-state index in [1.54, 1.807) is 18.2 Å². The van der Waals surface area contributed by atoms with Crippen LogP contribution in [0.4, 0.5) is 4.39 Å². The lowest BCUT2D eigenvalue weighted by Gasteiger charge is -2.13. The fourth-order valence-electron chi connectivity index (χ4n) is 3.88. The zero-order valence-electron chi connectivity index (χ0n) is 18.6. The number of hydrogen-bond donors (Lipinski definition) is 1. The van der Waals surface area contributed by atoms with Gasteiger partial charge in [-0.05, 0) is 42.8 Å². The minimum atomic E-state index is -3.62. The van der Waals surface area contributed by atoms with Crippen LogP contribution in [0, 0.1) is 6.92 Å². The van der Waals surface area contributed by atoms with Crippen LogP contribution in [0.2, 0.25) is 0 Å². The zero-order valence-corrected chi connectivity index (χ0v) is 19.4. The van der Waals surface area contributed by atoms with E-state index in [0.29, 0.717) is 17.9 Å². The van der Waals surface area contributed by atoms with Crippen molar-refractivity contribution in [3.8, 4) is 22.5 Å². The van der Waals surface area contributed by atoms with Crippen LogP contribution in [0.5, 0.6) is 0 Å². The summed E-state index contributed by atoms with van der Waals surface area (Å²) in [5.41, 5.74) is 7.56. The van der Waals surface area contributed by atoms with E-state index >= 15 is 0 Å². The lowest BCUT2D eigenvalue weighted by Crippen LogP contribution is -2.49. The number of quaternary nitrogens is 1. The van der Waals surface area contributed by atoms with Gasteiger partial charge in [0.15, 0.2) is 0 Å². The minimum absolute atomic E-state index is 0.0507. The summed E-state index contributed by atoms with van der Waals surface area (Å²) in [6, 6.07) is 12.4. The van der Waals surface area contributed by atoms with Crippen molar-refractivity contribution in [1.82, 2.24) is 19.0 Å². The van der Waals surface area contributed by atoms with E-state index in [2.05, 4.69) is 15.9 Å². The van der Waals surface area contributed by atoms with Gasteiger partial charge >= 0.3 is 0 Å². The van der Waals surface area contributed by atoms with Crippen LogP contribution in [-0.2, 0) is 16.6 Å². The van der Waals surface area contributed by atoms with Crippen molar-refractivity contribution in [2.45, 2.75) is 18.4 Å². The number of rotatable bonds is 7. The Morgan fingerprint density at radius 2 is 2.00 bits per heavy atom. The monoisotopic (exact) mass is 470 g/mol. The quantitative estimate of drug-likeness (QED) is 0.447. The molecule has 2 aromatic heterocycles. The van der Waals surface area contributed by atoms with E-state index < -0.39 is 10.0 Å². The number of halogens is 1. The van der Waals surface area contributed by atoms with Crippen LogP contribution in [0.3, 0.4) is 0 Å². The first-order valence-electron chi connectivity index (χ1n) is 10.3. The Morgan fingerprint density at radius 3 is 2.67 bits per heavy atom. The molecule has 172 valence electrons. The first kappa shape index (κ1) is 22.8. The largest absolute Gasteiger partial charge is 0.354 e. The van der Waals surface area contributed by atoms with Gasteiger partial charge in [-0.3, -0.25) is 0 Å². The summed E-state index contributed by atoms with van der Waals surface area (Å²) in [5.74, 6) is 0.142. The minimum Gasteiger partial charge on any atom is -0.354 e. The molecule has 2 aromatic carbocycles. The smallest absolute Gasteiger partial charge is 0.242 e. The average molecular weight is 471 g/mol. The molecule has 0 aliphatic carbocycles.